The number of halogens is 1. The molecular weight excluding hydrogens is 294 g/mol. The van der Waals surface area contributed by atoms with Gasteiger partial charge in [-0.3, -0.25) is 9.59 Å². The number of piperidine rings is 1. The van der Waals surface area contributed by atoms with Crippen LogP contribution < -0.4 is 0 Å². The molecule has 2 unspecified atom stereocenters. The molecule has 1 aromatic heterocycles. The van der Waals surface area contributed by atoms with E-state index in [1.807, 2.05) is 4.90 Å². The minimum absolute atomic E-state index is 0.123. The van der Waals surface area contributed by atoms with Crippen molar-refractivity contribution in [1.82, 2.24) is 15.1 Å². The molecule has 3 rings (SSSR count). The van der Waals surface area contributed by atoms with E-state index in [9.17, 15) is 9.59 Å². The fourth-order valence-electron chi connectivity index (χ4n) is 3.60. The Bertz CT molecular complexity index is 549. The van der Waals surface area contributed by atoms with Gasteiger partial charge in [-0.25, -0.2) is 0 Å². The van der Waals surface area contributed by atoms with Crippen LogP contribution in [-0.4, -0.2) is 44.2 Å². The number of amides is 1. The summed E-state index contributed by atoms with van der Waals surface area (Å²) in [6, 6.07) is 3.39. The molecule has 7 heteroatoms. The molecule has 2 fully saturated rings. The second-order valence-electron chi connectivity index (χ2n) is 5.77. The molecule has 2 atom stereocenters. The second-order valence-corrected chi connectivity index (χ2v) is 6.16. The second kappa shape index (κ2) is 5.60. The van der Waals surface area contributed by atoms with Crippen LogP contribution in [0.2, 0.25) is 5.15 Å². The van der Waals surface area contributed by atoms with Crippen molar-refractivity contribution in [1.29, 1.82) is 0 Å². The van der Waals surface area contributed by atoms with E-state index >= 15 is 0 Å². The lowest BCUT2D eigenvalue weighted by Crippen LogP contribution is -2.47. The van der Waals surface area contributed by atoms with Gasteiger partial charge in [-0.05, 0) is 43.7 Å². The van der Waals surface area contributed by atoms with Gasteiger partial charge < -0.3 is 10.0 Å². The van der Waals surface area contributed by atoms with Gasteiger partial charge in [-0.2, -0.15) is 0 Å². The van der Waals surface area contributed by atoms with Crippen LogP contribution in [0.4, 0.5) is 0 Å². The zero-order chi connectivity index (χ0) is 15.0. The number of fused-ring (bicyclic) bond motifs is 2. The van der Waals surface area contributed by atoms with E-state index in [0.717, 1.165) is 25.7 Å². The number of hydrogen-bond donors (Lipinski definition) is 1. The minimum Gasteiger partial charge on any atom is -0.481 e. The van der Waals surface area contributed by atoms with E-state index in [0.29, 0.717) is 5.69 Å². The van der Waals surface area contributed by atoms with E-state index in [-0.39, 0.29) is 35.5 Å². The predicted octanol–water partition coefficient (Wildman–Crippen LogP) is 1.99. The van der Waals surface area contributed by atoms with E-state index in [1.54, 1.807) is 12.1 Å². The first kappa shape index (κ1) is 14.3. The Morgan fingerprint density at radius 1 is 1.24 bits per heavy atom. The normalized spacial score (nSPS) is 27.7. The summed E-state index contributed by atoms with van der Waals surface area (Å²) in [4.78, 5) is 25.3. The highest BCUT2D eigenvalue weighted by Crippen LogP contribution is 2.40. The highest BCUT2D eigenvalue weighted by atomic mass is 35.5. The molecule has 0 spiro atoms. The summed E-state index contributed by atoms with van der Waals surface area (Å²) in [5, 5.41) is 16.7. The molecule has 0 radical (unpaired) electrons. The number of carbonyl (C=O) groups excluding carboxylic acids is 1. The number of aliphatic carboxylic acids is 1. The maximum Gasteiger partial charge on any atom is 0.303 e. The van der Waals surface area contributed by atoms with Gasteiger partial charge >= 0.3 is 5.97 Å². The number of nitrogens with zero attached hydrogens (tertiary/aromatic N) is 3. The van der Waals surface area contributed by atoms with Crippen molar-refractivity contribution in [3.63, 3.8) is 0 Å². The van der Waals surface area contributed by atoms with Gasteiger partial charge in [-0.15, -0.1) is 10.2 Å². The zero-order valence-corrected chi connectivity index (χ0v) is 12.2. The molecular formula is C14H16ClN3O3. The number of aromatic nitrogens is 2. The first-order chi connectivity index (χ1) is 10.0. The number of hydrogen-bond acceptors (Lipinski definition) is 4. The van der Waals surface area contributed by atoms with Crippen molar-refractivity contribution in [2.75, 3.05) is 0 Å². The van der Waals surface area contributed by atoms with Crippen molar-refractivity contribution in [3.8, 4) is 0 Å². The lowest BCUT2D eigenvalue weighted by atomic mass is 9.88. The molecule has 0 saturated carbocycles. The maximum atomic E-state index is 12.6. The molecule has 2 aliphatic rings. The number of carboxylic acids is 1. The van der Waals surface area contributed by atoms with Crippen LogP contribution in [0.3, 0.4) is 0 Å². The van der Waals surface area contributed by atoms with Gasteiger partial charge in [0.2, 0.25) is 0 Å². The van der Waals surface area contributed by atoms with Crippen molar-refractivity contribution < 1.29 is 14.7 Å². The predicted molar refractivity (Wildman–Crippen MR) is 75.0 cm³/mol. The number of rotatable bonds is 3. The molecule has 2 saturated heterocycles. The third kappa shape index (κ3) is 2.85. The molecule has 0 aliphatic carbocycles. The summed E-state index contributed by atoms with van der Waals surface area (Å²) >= 11 is 5.69. The van der Waals surface area contributed by atoms with Gasteiger partial charge in [0.1, 0.15) is 0 Å². The summed E-state index contributed by atoms with van der Waals surface area (Å²) < 4.78 is 0. The van der Waals surface area contributed by atoms with E-state index in [1.165, 1.54) is 0 Å². The fraction of sp³-hybridized carbons (Fsp3) is 0.571. The number of carbonyl (C=O) groups is 2. The first-order valence-corrected chi connectivity index (χ1v) is 7.46. The van der Waals surface area contributed by atoms with E-state index in [2.05, 4.69) is 10.2 Å². The molecule has 112 valence electrons. The summed E-state index contributed by atoms with van der Waals surface area (Å²) in [5.41, 5.74) is 0.299. The van der Waals surface area contributed by atoms with Crippen molar-refractivity contribution in [3.05, 3.63) is 23.0 Å². The van der Waals surface area contributed by atoms with Crippen LogP contribution >= 0.6 is 11.6 Å². The zero-order valence-electron chi connectivity index (χ0n) is 11.4. The average molecular weight is 310 g/mol. The van der Waals surface area contributed by atoms with Crippen LogP contribution in [0.25, 0.3) is 0 Å². The number of carboxylic acid groups (broad SMARTS) is 1. The Balaban J connectivity index is 1.74. The summed E-state index contributed by atoms with van der Waals surface area (Å²) in [6.07, 6.45) is 3.59. The van der Waals surface area contributed by atoms with E-state index in [4.69, 9.17) is 16.7 Å². The van der Waals surface area contributed by atoms with Crippen LogP contribution in [0.5, 0.6) is 0 Å². The lowest BCUT2D eigenvalue weighted by molar-refractivity contribution is -0.138. The average Bonchev–Trinajstić information content (AvgIpc) is 2.70. The van der Waals surface area contributed by atoms with Gasteiger partial charge in [0, 0.05) is 18.5 Å². The molecule has 2 bridgehead atoms. The Morgan fingerprint density at radius 2 is 1.90 bits per heavy atom. The van der Waals surface area contributed by atoms with Crippen LogP contribution in [-0.2, 0) is 4.79 Å². The Morgan fingerprint density at radius 3 is 2.43 bits per heavy atom. The highest BCUT2D eigenvalue weighted by Gasteiger charge is 2.44. The summed E-state index contributed by atoms with van der Waals surface area (Å²) in [5.74, 6) is -0.719. The van der Waals surface area contributed by atoms with Crippen molar-refractivity contribution in [2.24, 2.45) is 5.92 Å². The fourth-order valence-corrected chi connectivity index (χ4v) is 3.70. The standard InChI is InChI=1S/C14H16ClN3O3/c15-12-4-3-11(16-17-12)14(21)18-9-1-2-10(18)6-8(5-9)7-13(19)20/h3-4,8-10H,1-2,5-7H2,(H,19,20). The topological polar surface area (TPSA) is 83.4 Å². The van der Waals surface area contributed by atoms with E-state index < -0.39 is 5.97 Å². The lowest BCUT2D eigenvalue weighted by Gasteiger charge is -2.38. The molecule has 1 aromatic rings. The molecule has 21 heavy (non-hydrogen) atoms. The Labute approximate surface area is 127 Å². The largest absolute Gasteiger partial charge is 0.481 e. The summed E-state index contributed by atoms with van der Waals surface area (Å²) in [7, 11) is 0. The van der Waals surface area contributed by atoms with Crippen molar-refractivity contribution >= 4 is 23.5 Å². The smallest absolute Gasteiger partial charge is 0.303 e. The minimum atomic E-state index is -0.761. The first-order valence-electron chi connectivity index (χ1n) is 7.08. The maximum absolute atomic E-state index is 12.6. The molecule has 3 heterocycles. The van der Waals surface area contributed by atoms with Crippen molar-refractivity contribution in [2.45, 2.75) is 44.2 Å². The Hall–Kier alpha value is -1.69. The molecule has 1 amide bonds. The monoisotopic (exact) mass is 309 g/mol. The highest BCUT2D eigenvalue weighted by molar-refractivity contribution is 6.29. The van der Waals surface area contributed by atoms with Gasteiger partial charge in [0.25, 0.3) is 5.91 Å². The molecule has 6 nitrogen and oxygen atoms in total. The summed E-state index contributed by atoms with van der Waals surface area (Å²) in [6.45, 7) is 0. The third-order valence-electron chi connectivity index (χ3n) is 4.38. The molecule has 1 N–H and O–H groups in total. The molecule has 0 aromatic carbocycles. The third-order valence-corrected chi connectivity index (χ3v) is 4.58. The van der Waals surface area contributed by atoms with Crippen LogP contribution in [0, 0.1) is 5.92 Å². The quantitative estimate of drug-likeness (QED) is 0.923. The molecule has 2 aliphatic heterocycles. The van der Waals surface area contributed by atoms with Gasteiger partial charge in [0.15, 0.2) is 10.8 Å². The van der Waals surface area contributed by atoms with Crippen LogP contribution in [0.1, 0.15) is 42.6 Å². The Kier molecular flexibility index (Phi) is 3.80. The SMILES string of the molecule is O=C(O)CC1CC2CCC(C1)N2C(=O)c1ccc(Cl)nn1. The van der Waals surface area contributed by atoms with Gasteiger partial charge in [-0.1, -0.05) is 11.6 Å². The van der Waals surface area contributed by atoms with Gasteiger partial charge in [0.05, 0.1) is 0 Å². The van der Waals surface area contributed by atoms with Crippen LogP contribution in [0.15, 0.2) is 12.1 Å².